The quantitative estimate of drug-likeness (QED) is 0.513. The van der Waals surface area contributed by atoms with Crippen LogP contribution in [-0.4, -0.2) is 19.5 Å². The van der Waals surface area contributed by atoms with Crippen molar-refractivity contribution < 1.29 is 0 Å². The molecule has 90 valence electrons. The van der Waals surface area contributed by atoms with Gasteiger partial charge >= 0.3 is 0 Å². The molecule has 0 unspecified atom stereocenters. The Bertz CT molecular complexity index is 431. The van der Waals surface area contributed by atoms with Crippen LogP contribution in [-0.2, 0) is 0 Å². The van der Waals surface area contributed by atoms with Crippen LogP contribution < -0.4 is 0 Å². The van der Waals surface area contributed by atoms with E-state index in [-0.39, 0.29) is 0 Å². The van der Waals surface area contributed by atoms with E-state index in [0.717, 1.165) is 35.4 Å². The van der Waals surface area contributed by atoms with Gasteiger partial charge in [0.25, 0.3) is 0 Å². The summed E-state index contributed by atoms with van der Waals surface area (Å²) in [5.41, 5.74) is 4.00. The highest BCUT2D eigenvalue weighted by atomic mass is 14.7. The van der Waals surface area contributed by atoms with Gasteiger partial charge in [0, 0.05) is 18.3 Å². The minimum absolute atomic E-state index is 0.878. The maximum absolute atomic E-state index is 4.39. The SMILES string of the molecule is C=Nc1ccc(C=NCCCC)cc1C(=C)C. The normalized spacial score (nSPS) is 10.7. The van der Waals surface area contributed by atoms with Crippen LogP contribution >= 0.6 is 0 Å². The highest BCUT2D eigenvalue weighted by Gasteiger charge is 2.01. The number of rotatable bonds is 6. The minimum Gasteiger partial charge on any atom is -0.293 e. The van der Waals surface area contributed by atoms with Gasteiger partial charge in [-0.25, -0.2) is 0 Å². The van der Waals surface area contributed by atoms with E-state index < -0.39 is 0 Å². The number of nitrogens with zero attached hydrogens (tertiary/aromatic N) is 2. The largest absolute Gasteiger partial charge is 0.293 e. The molecule has 0 spiro atoms. The first-order valence-electron chi connectivity index (χ1n) is 5.95. The molecular weight excluding hydrogens is 208 g/mol. The van der Waals surface area contributed by atoms with Gasteiger partial charge in [0.05, 0.1) is 5.69 Å². The first-order chi connectivity index (χ1) is 8.19. The molecule has 0 aliphatic heterocycles. The molecule has 0 saturated heterocycles. The Morgan fingerprint density at radius 3 is 2.76 bits per heavy atom. The van der Waals surface area contributed by atoms with Gasteiger partial charge in [0.2, 0.25) is 0 Å². The van der Waals surface area contributed by atoms with Crippen molar-refractivity contribution in [3.8, 4) is 0 Å². The Kier molecular flexibility index (Phi) is 5.34. The van der Waals surface area contributed by atoms with Crippen molar-refractivity contribution in [2.24, 2.45) is 9.98 Å². The van der Waals surface area contributed by atoms with E-state index in [1.165, 1.54) is 6.42 Å². The average molecular weight is 228 g/mol. The highest BCUT2D eigenvalue weighted by molar-refractivity contribution is 5.84. The van der Waals surface area contributed by atoms with E-state index in [2.05, 4.69) is 36.3 Å². The minimum atomic E-state index is 0.878. The molecule has 17 heavy (non-hydrogen) atoms. The molecule has 0 saturated carbocycles. The van der Waals surface area contributed by atoms with E-state index in [9.17, 15) is 0 Å². The molecule has 1 aromatic rings. The van der Waals surface area contributed by atoms with Gasteiger partial charge in [-0.3, -0.25) is 9.98 Å². The van der Waals surface area contributed by atoms with Crippen LogP contribution in [0.2, 0.25) is 0 Å². The predicted molar refractivity (Wildman–Crippen MR) is 77.7 cm³/mol. The van der Waals surface area contributed by atoms with Gasteiger partial charge in [-0.2, -0.15) is 0 Å². The van der Waals surface area contributed by atoms with Gasteiger partial charge in [0.15, 0.2) is 0 Å². The van der Waals surface area contributed by atoms with Gasteiger partial charge in [-0.15, -0.1) is 0 Å². The highest BCUT2D eigenvalue weighted by Crippen LogP contribution is 2.25. The summed E-state index contributed by atoms with van der Waals surface area (Å²) in [5.74, 6) is 0. The van der Waals surface area contributed by atoms with Crippen molar-refractivity contribution in [3.63, 3.8) is 0 Å². The number of benzene rings is 1. The molecule has 0 N–H and O–H groups in total. The smallest absolute Gasteiger partial charge is 0.0697 e. The van der Waals surface area contributed by atoms with Gasteiger partial charge in [-0.1, -0.05) is 26.0 Å². The summed E-state index contributed by atoms with van der Waals surface area (Å²) < 4.78 is 0. The fourth-order valence-corrected chi connectivity index (χ4v) is 1.53. The Hall–Kier alpha value is -1.70. The molecule has 2 nitrogen and oxygen atoms in total. The summed E-state index contributed by atoms with van der Waals surface area (Å²) in [4.78, 5) is 8.37. The Morgan fingerprint density at radius 1 is 1.41 bits per heavy atom. The third-order valence-corrected chi connectivity index (χ3v) is 2.53. The molecular formula is C15H20N2. The van der Waals surface area contributed by atoms with E-state index in [1.54, 1.807) is 0 Å². The third-order valence-electron chi connectivity index (χ3n) is 2.53. The van der Waals surface area contributed by atoms with Crippen molar-refractivity contribution >= 4 is 24.2 Å². The summed E-state index contributed by atoms with van der Waals surface area (Å²) in [6.07, 6.45) is 4.22. The van der Waals surface area contributed by atoms with E-state index in [1.807, 2.05) is 25.3 Å². The van der Waals surface area contributed by atoms with E-state index >= 15 is 0 Å². The Balaban J connectivity index is 2.88. The first kappa shape index (κ1) is 13.4. The first-order valence-corrected chi connectivity index (χ1v) is 5.95. The number of hydrogen-bond donors (Lipinski definition) is 0. The Labute approximate surface area is 104 Å². The number of hydrogen-bond acceptors (Lipinski definition) is 2. The van der Waals surface area contributed by atoms with E-state index in [4.69, 9.17) is 0 Å². The molecule has 0 bridgehead atoms. The zero-order valence-electron chi connectivity index (χ0n) is 10.7. The van der Waals surface area contributed by atoms with Crippen molar-refractivity contribution in [3.05, 3.63) is 35.9 Å². The van der Waals surface area contributed by atoms with Crippen molar-refractivity contribution in [1.29, 1.82) is 0 Å². The van der Waals surface area contributed by atoms with Gasteiger partial charge < -0.3 is 0 Å². The predicted octanol–water partition coefficient (Wildman–Crippen LogP) is 4.27. The van der Waals surface area contributed by atoms with E-state index in [0.29, 0.717) is 0 Å². The number of unbranched alkanes of at least 4 members (excludes halogenated alkanes) is 1. The molecule has 1 rings (SSSR count). The zero-order valence-corrected chi connectivity index (χ0v) is 10.7. The van der Waals surface area contributed by atoms with Crippen LogP contribution in [0.25, 0.3) is 5.57 Å². The second kappa shape index (κ2) is 6.79. The fourth-order valence-electron chi connectivity index (χ4n) is 1.53. The van der Waals surface area contributed by atoms with Crippen LogP contribution in [0.5, 0.6) is 0 Å². The third kappa shape index (κ3) is 3.99. The summed E-state index contributed by atoms with van der Waals surface area (Å²) in [6, 6.07) is 6.02. The summed E-state index contributed by atoms with van der Waals surface area (Å²) in [5, 5.41) is 0. The lowest BCUT2D eigenvalue weighted by molar-refractivity contribution is 0.810. The molecule has 0 radical (unpaired) electrons. The molecule has 0 amide bonds. The lowest BCUT2D eigenvalue weighted by atomic mass is 10.0. The molecule has 0 aliphatic rings. The molecule has 0 atom stereocenters. The van der Waals surface area contributed by atoms with Crippen LogP contribution in [0.15, 0.2) is 34.8 Å². The van der Waals surface area contributed by atoms with Crippen LogP contribution in [0.4, 0.5) is 5.69 Å². The number of aliphatic imine (C=N–C) groups is 2. The lowest BCUT2D eigenvalue weighted by Crippen LogP contribution is -1.88. The average Bonchev–Trinajstić information content (AvgIpc) is 2.34. The van der Waals surface area contributed by atoms with Crippen LogP contribution in [0.1, 0.15) is 37.8 Å². The van der Waals surface area contributed by atoms with Crippen molar-refractivity contribution in [1.82, 2.24) is 0 Å². The standard InChI is InChI=1S/C15H20N2/c1-5-6-9-17-11-13-7-8-15(16-4)14(10-13)12(2)3/h7-8,10-11H,2,4-6,9H2,1,3H3. The van der Waals surface area contributed by atoms with Crippen molar-refractivity contribution in [2.45, 2.75) is 26.7 Å². The summed E-state index contributed by atoms with van der Waals surface area (Å²) >= 11 is 0. The molecule has 0 aromatic heterocycles. The molecule has 0 heterocycles. The van der Waals surface area contributed by atoms with Gasteiger partial charge in [-0.05, 0) is 43.3 Å². The number of allylic oxidation sites excluding steroid dienone is 1. The molecule has 2 heteroatoms. The Morgan fingerprint density at radius 2 is 2.18 bits per heavy atom. The second-order valence-electron chi connectivity index (χ2n) is 4.10. The maximum Gasteiger partial charge on any atom is 0.0697 e. The molecule has 0 aliphatic carbocycles. The van der Waals surface area contributed by atoms with Crippen molar-refractivity contribution in [2.75, 3.05) is 6.54 Å². The fraction of sp³-hybridized carbons (Fsp3) is 0.333. The summed E-state index contributed by atoms with van der Waals surface area (Å²) in [6.45, 7) is 12.5. The van der Waals surface area contributed by atoms with Crippen LogP contribution in [0.3, 0.4) is 0 Å². The van der Waals surface area contributed by atoms with Gasteiger partial charge in [0.1, 0.15) is 0 Å². The molecule has 0 fully saturated rings. The van der Waals surface area contributed by atoms with Crippen LogP contribution in [0, 0.1) is 0 Å². The zero-order chi connectivity index (χ0) is 12.7. The molecule has 1 aromatic carbocycles. The second-order valence-corrected chi connectivity index (χ2v) is 4.10. The monoisotopic (exact) mass is 228 g/mol. The lowest BCUT2D eigenvalue weighted by Gasteiger charge is -2.05. The maximum atomic E-state index is 4.39. The summed E-state index contributed by atoms with van der Waals surface area (Å²) in [7, 11) is 0. The topological polar surface area (TPSA) is 24.7 Å².